The van der Waals surface area contributed by atoms with Crippen molar-refractivity contribution in [1.82, 2.24) is 14.5 Å². The van der Waals surface area contributed by atoms with Crippen LogP contribution in [0.15, 0.2) is 59.9 Å². The number of anilines is 1. The summed E-state index contributed by atoms with van der Waals surface area (Å²) in [6.45, 7) is 2.73. The predicted molar refractivity (Wildman–Crippen MR) is 116 cm³/mol. The van der Waals surface area contributed by atoms with E-state index in [9.17, 15) is 9.18 Å². The van der Waals surface area contributed by atoms with Crippen molar-refractivity contribution in [2.75, 3.05) is 44.4 Å². The van der Waals surface area contributed by atoms with Gasteiger partial charge in [0.1, 0.15) is 17.3 Å². The highest BCUT2D eigenvalue weighted by Crippen LogP contribution is 2.25. The molecule has 30 heavy (non-hydrogen) atoms. The Morgan fingerprint density at radius 3 is 2.23 bits per heavy atom. The van der Waals surface area contributed by atoms with Crippen molar-refractivity contribution in [3.63, 3.8) is 0 Å². The van der Waals surface area contributed by atoms with E-state index >= 15 is 0 Å². The molecule has 0 unspecified atom stereocenters. The molecule has 1 saturated heterocycles. The van der Waals surface area contributed by atoms with Gasteiger partial charge in [0.25, 0.3) is 5.91 Å². The molecule has 6 nitrogen and oxygen atoms in total. The van der Waals surface area contributed by atoms with Crippen LogP contribution in [0.4, 0.5) is 10.1 Å². The molecule has 1 amide bonds. The van der Waals surface area contributed by atoms with Crippen molar-refractivity contribution in [3.8, 4) is 11.4 Å². The first-order valence-electron chi connectivity index (χ1n) is 9.66. The first kappa shape index (κ1) is 20.3. The maximum absolute atomic E-state index is 13.4. The normalized spacial score (nSPS) is 14.1. The summed E-state index contributed by atoms with van der Waals surface area (Å²) in [5.74, 6) is 0.444. The Balaban J connectivity index is 1.50. The Morgan fingerprint density at radius 1 is 1.00 bits per heavy atom. The Morgan fingerprint density at radius 2 is 1.63 bits per heavy atom. The van der Waals surface area contributed by atoms with Crippen molar-refractivity contribution >= 4 is 23.4 Å². The SMILES string of the molecule is COc1ccc(N2CCN(C(=O)c3cnc(SC)n3-c3ccc(F)cc3)CC2)cc1. The number of benzene rings is 2. The number of halogens is 1. The van der Waals surface area contributed by atoms with Crippen LogP contribution in [0.3, 0.4) is 0 Å². The average molecular weight is 427 g/mol. The lowest BCUT2D eigenvalue weighted by atomic mass is 10.2. The highest BCUT2D eigenvalue weighted by atomic mass is 32.2. The average Bonchev–Trinajstić information content (AvgIpc) is 3.23. The molecule has 0 N–H and O–H groups in total. The van der Waals surface area contributed by atoms with Gasteiger partial charge in [-0.3, -0.25) is 9.36 Å². The van der Waals surface area contributed by atoms with E-state index in [-0.39, 0.29) is 11.7 Å². The number of carbonyl (C=O) groups is 1. The Labute approximate surface area is 179 Å². The summed E-state index contributed by atoms with van der Waals surface area (Å²) >= 11 is 1.45. The van der Waals surface area contributed by atoms with Crippen LogP contribution in [0.25, 0.3) is 5.69 Å². The van der Waals surface area contributed by atoms with Crippen molar-refractivity contribution in [2.24, 2.45) is 0 Å². The third-order valence-electron chi connectivity index (χ3n) is 5.22. The number of rotatable bonds is 5. The van der Waals surface area contributed by atoms with E-state index in [0.29, 0.717) is 23.9 Å². The molecule has 2 heterocycles. The summed E-state index contributed by atoms with van der Waals surface area (Å²) in [7, 11) is 1.65. The third kappa shape index (κ3) is 4.00. The number of thioether (sulfide) groups is 1. The summed E-state index contributed by atoms with van der Waals surface area (Å²) in [4.78, 5) is 21.8. The molecule has 156 valence electrons. The molecule has 1 aliphatic rings. The molecular weight excluding hydrogens is 403 g/mol. The van der Waals surface area contributed by atoms with Gasteiger partial charge in [-0.25, -0.2) is 9.37 Å². The van der Waals surface area contributed by atoms with Gasteiger partial charge >= 0.3 is 0 Å². The number of aromatic nitrogens is 2. The van der Waals surface area contributed by atoms with Crippen LogP contribution in [0, 0.1) is 5.82 Å². The van der Waals surface area contributed by atoms with Crippen LogP contribution in [0.5, 0.6) is 5.75 Å². The predicted octanol–water partition coefficient (Wildman–Crippen LogP) is 3.70. The van der Waals surface area contributed by atoms with Gasteiger partial charge in [0.15, 0.2) is 5.16 Å². The van der Waals surface area contributed by atoms with Gasteiger partial charge in [0.05, 0.1) is 13.3 Å². The molecule has 1 fully saturated rings. The molecule has 0 radical (unpaired) electrons. The molecule has 2 aromatic carbocycles. The molecule has 8 heteroatoms. The number of piperazine rings is 1. The summed E-state index contributed by atoms with van der Waals surface area (Å²) < 4.78 is 20.4. The number of amides is 1. The topological polar surface area (TPSA) is 50.6 Å². The van der Waals surface area contributed by atoms with E-state index in [0.717, 1.165) is 30.2 Å². The third-order valence-corrected chi connectivity index (χ3v) is 5.87. The molecule has 0 saturated carbocycles. The van der Waals surface area contributed by atoms with Gasteiger partial charge in [-0.2, -0.15) is 0 Å². The Hall–Kier alpha value is -3.00. The van der Waals surface area contributed by atoms with Gasteiger partial charge in [0.2, 0.25) is 0 Å². The minimum absolute atomic E-state index is 0.0681. The van der Waals surface area contributed by atoms with Crippen LogP contribution in [-0.4, -0.2) is 59.9 Å². The zero-order valence-corrected chi connectivity index (χ0v) is 17.7. The minimum Gasteiger partial charge on any atom is -0.497 e. The van der Waals surface area contributed by atoms with E-state index in [1.54, 1.807) is 30.0 Å². The molecule has 1 aliphatic heterocycles. The van der Waals surface area contributed by atoms with Crippen molar-refractivity contribution in [1.29, 1.82) is 0 Å². The molecule has 0 aliphatic carbocycles. The van der Waals surface area contributed by atoms with Crippen LogP contribution in [-0.2, 0) is 0 Å². The summed E-state index contributed by atoms with van der Waals surface area (Å²) in [5.41, 5.74) is 2.33. The first-order valence-corrected chi connectivity index (χ1v) is 10.9. The van der Waals surface area contributed by atoms with E-state index in [1.165, 1.54) is 23.9 Å². The maximum atomic E-state index is 13.4. The molecular formula is C22H23FN4O2S. The maximum Gasteiger partial charge on any atom is 0.272 e. The molecule has 0 spiro atoms. The van der Waals surface area contributed by atoms with Crippen molar-refractivity contribution in [2.45, 2.75) is 5.16 Å². The smallest absolute Gasteiger partial charge is 0.272 e. The zero-order chi connectivity index (χ0) is 21.1. The summed E-state index contributed by atoms with van der Waals surface area (Å²) in [6, 6.07) is 14.1. The number of methoxy groups -OCH3 is 1. The van der Waals surface area contributed by atoms with Crippen molar-refractivity contribution in [3.05, 3.63) is 66.2 Å². The second kappa shape index (κ2) is 8.79. The van der Waals surface area contributed by atoms with Crippen LogP contribution < -0.4 is 9.64 Å². The first-order chi connectivity index (χ1) is 14.6. The molecule has 1 aromatic heterocycles. The Bertz CT molecular complexity index is 1010. The standard InChI is InChI=1S/C22H23FN4O2S/c1-29-19-9-7-17(8-10-19)25-11-13-26(14-12-25)21(28)20-15-24-22(30-2)27(20)18-5-3-16(23)4-6-18/h3-10,15H,11-14H2,1-2H3. The number of imidazole rings is 1. The number of nitrogens with zero attached hydrogens (tertiary/aromatic N) is 4. The van der Waals surface area contributed by atoms with E-state index in [4.69, 9.17) is 4.74 Å². The lowest BCUT2D eigenvalue weighted by Crippen LogP contribution is -2.49. The molecule has 0 bridgehead atoms. The number of ether oxygens (including phenoxy) is 1. The number of carbonyl (C=O) groups excluding carboxylic acids is 1. The monoisotopic (exact) mass is 426 g/mol. The lowest BCUT2D eigenvalue weighted by Gasteiger charge is -2.36. The fourth-order valence-corrected chi connectivity index (χ4v) is 4.14. The fraction of sp³-hybridized carbons (Fsp3) is 0.273. The summed E-state index contributed by atoms with van der Waals surface area (Å²) in [6.07, 6.45) is 3.51. The highest BCUT2D eigenvalue weighted by molar-refractivity contribution is 7.98. The van der Waals surface area contributed by atoms with Gasteiger partial charge in [0, 0.05) is 37.6 Å². The minimum atomic E-state index is -0.313. The zero-order valence-electron chi connectivity index (χ0n) is 16.9. The highest BCUT2D eigenvalue weighted by Gasteiger charge is 2.26. The van der Waals surface area contributed by atoms with Gasteiger partial charge in [-0.05, 0) is 54.8 Å². The lowest BCUT2D eigenvalue weighted by molar-refractivity contribution is 0.0738. The van der Waals surface area contributed by atoms with E-state index in [2.05, 4.69) is 9.88 Å². The van der Waals surface area contributed by atoms with Crippen molar-refractivity contribution < 1.29 is 13.9 Å². The quantitative estimate of drug-likeness (QED) is 0.583. The molecule has 3 aromatic rings. The number of hydrogen-bond donors (Lipinski definition) is 0. The largest absolute Gasteiger partial charge is 0.497 e. The fourth-order valence-electron chi connectivity index (χ4n) is 3.59. The van der Waals surface area contributed by atoms with E-state index in [1.807, 2.05) is 35.4 Å². The van der Waals surface area contributed by atoms with Crippen LogP contribution >= 0.6 is 11.8 Å². The van der Waals surface area contributed by atoms with Gasteiger partial charge < -0.3 is 14.5 Å². The van der Waals surface area contributed by atoms with Crippen LogP contribution in [0.2, 0.25) is 0 Å². The number of hydrogen-bond acceptors (Lipinski definition) is 5. The van der Waals surface area contributed by atoms with Crippen LogP contribution in [0.1, 0.15) is 10.5 Å². The van der Waals surface area contributed by atoms with Gasteiger partial charge in [-0.1, -0.05) is 11.8 Å². The molecule has 4 rings (SSSR count). The van der Waals surface area contributed by atoms with E-state index < -0.39 is 0 Å². The second-order valence-electron chi connectivity index (χ2n) is 6.92. The summed E-state index contributed by atoms with van der Waals surface area (Å²) in [5, 5.41) is 0.696. The second-order valence-corrected chi connectivity index (χ2v) is 7.69. The van der Waals surface area contributed by atoms with Gasteiger partial charge in [-0.15, -0.1) is 0 Å². The Kier molecular flexibility index (Phi) is 5.94. The molecule has 0 atom stereocenters.